The van der Waals surface area contributed by atoms with Gasteiger partial charge in [0.25, 0.3) is 0 Å². The molecule has 0 saturated heterocycles. The minimum absolute atomic E-state index is 0.0935. The second-order valence-corrected chi connectivity index (χ2v) is 6.71. The molecule has 32 heavy (non-hydrogen) atoms. The predicted octanol–water partition coefficient (Wildman–Crippen LogP) is 7.48. The van der Waals surface area contributed by atoms with E-state index in [9.17, 15) is 39.5 Å². The van der Waals surface area contributed by atoms with Crippen molar-refractivity contribution in [1.29, 1.82) is 0 Å². The molecule has 0 N–H and O–H groups in total. The van der Waals surface area contributed by atoms with E-state index in [0.717, 1.165) is 18.2 Å². The Kier molecular flexibility index (Phi) is 6.43. The third kappa shape index (κ3) is 4.84. The maximum atomic E-state index is 14.3. The molecular formula is C22H13F9O. The Hall–Kier alpha value is -3.17. The summed E-state index contributed by atoms with van der Waals surface area (Å²) in [7, 11) is 0. The number of hydrogen-bond donors (Lipinski definition) is 0. The average molecular weight is 464 g/mol. The highest BCUT2D eigenvalue weighted by atomic mass is 19.4. The van der Waals surface area contributed by atoms with Gasteiger partial charge in [0.2, 0.25) is 0 Å². The van der Waals surface area contributed by atoms with Gasteiger partial charge in [-0.15, -0.1) is 0 Å². The molecule has 0 amide bonds. The van der Waals surface area contributed by atoms with E-state index in [4.69, 9.17) is 0 Å². The van der Waals surface area contributed by atoms with Gasteiger partial charge in [-0.2, -0.15) is 22.0 Å². The largest absolute Gasteiger partial charge is 0.499 e. The lowest BCUT2D eigenvalue weighted by molar-refractivity contribution is -0.361. The van der Waals surface area contributed by atoms with Gasteiger partial charge in [0.15, 0.2) is 11.6 Å². The van der Waals surface area contributed by atoms with Crippen molar-refractivity contribution in [2.75, 3.05) is 6.67 Å². The fraction of sp³-hybridized carbons (Fsp3) is 0.182. The van der Waals surface area contributed by atoms with Crippen molar-refractivity contribution in [3.8, 4) is 28.0 Å². The van der Waals surface area contributed by atoms with Gasteiger partial charge in [0.1, 0.15) is 11.6 Å². The summed E-state index contributed by atoms with van der Waals surface area (Å²) < 4.78 is 121. The lowest BCUT2D eigenvalue weighted by Crippen LogP contribution is -2.42. The van der Waals surface area contributed by atoms with Crippen molar-refractivity contribution in [3.05, 3.63) is 77.6 Å². The van der Waals surface area contributed by atoms with Gasteiger partial charge >= 0.3 is 12.3 Å². The van der Waals surface area contributed by atoms with Gasteiger partial charge in [0, 0.05) is 6.42 Å². The summed E-state index contributed by atoms with van der Waals surface area (Å²) in [6.07, 6.45) is -11.7. The molecule has 0 aliphatic rings. The van der Waals surface area contributed by atoms with Crippen molar-refractivity contribution in [1.82, 2.24) is 0 Å². The summed E-state index contributed by atoms with van der Waals surface area (Å²) in [5, 5.41) is 0. The predicted molar refractivity (Wildman–Crippen MR) is 98.5 cm³/mol. The molecule has 0 spiro atoms. The van der Waals surface area contributed by atoms with Crippen molar-refractivity contribution in [2.45, 2.75) is 18.7 Å². The SMILES string of the molecule is FCCc1cc(F)c(-c2ccc(-c3ccc(OC(F)(F)C(F)(F)F)c(F)c3)cc2)c(F)c1. The molecule has 10 heteroatoms. The Morgan fingerprint density at radius 3 is 1.69 bits per heavy atom. The van der Waals surface area contributed by atoms with Crippen molar-refractivity contribution < 1.29 is 44.3 Å². The minimum atomic E-state index is -6.03. The number of aryl methyl sites for hydroxylation is 1. The molecule has 3 aromatic carbocycles. The standard InChI is InChI=1S/C22H13F9O/c23-8-7-12-9-17(25)20(18(26)10-12)14-3-1-13(2-4-14)15-5-6-19(16(24)11-15)32-22(30,31)21(27,28)29/h1-6,9-11H,7-8H2. The smallest absolute Gasteiger partial charge is 0.423 e. The van der Waals surface area contributed by atoms with Gasteiger partial charge in [-0.05, 0) is 46.5 Å². The first-order chi connectivity index (χ1) is 14.9. The third-order valence-corrected chi connectivity index (χ3v) is 4.49. The van der Waals surface area contributed by atoms with Crippen LogP contribution in [-0.2, 0) is 6.42 Å². The first-order valence-electron chi connectivity index (χ1n) is 9.01. The van der Waals surface area contributed by atoms with Gasteiger partial charge in [0.05, 0.1) is 12.2 Å². The van der Waals surface area contributed by atoms with Gasteiger partial charge in [-0.25, -0.2) is 13.2 Å². The zero-order chi connectivity index (χ0) is 23.7. The Balaban J connectivity index is 1.86. The molecule has 0 fully saturated rings. The molecule has 0 aliphatic heterocycles. The maximum Gasteiger partial charge on any atom is 0.499 e. The number of halogens is 9. The van der Waals surface area contributed by atoms with Crippen molar-refractivity contribution in [2.24, 2.45) is 0 Å². The molecule has 0 unspecified atom stereocenters. The first-order valence-corrected chi connectivity index (χ1v) is 9.01. The highest BCUT2D eigenvalue weighted by Crippen LogP contribution is 2.39. The molecule has 0 aromatic heterocycles. The van der Waals surface area contributed by atoms with Crippen LogP contribution in [0, 0.1) is 17.5 Å². The minimum Gasteiger partial charge on any atom is -0.423 e. The van der Waals surface area contributed by atoms with Gasteiger partial charge < -0.3 is 4.74 Å². The number of hydrogen-bond acceptors (Lipinski definition) is 1. The zero-order valence-corrected chi connectivity index (χ0v) is 15.9. The topological polar surface area (TPSA) is 9.23 Å². The Labute approximate surface area is 176 Å². The van der Waals surface area contributed by atoms with Crippen LogP contribution >= 0.6 is 0 Å². The number of ether oxygens (including phenoxy) is 1. The van der Waals surface area contributed by atoms with E-state index in [-0.39, 0.29) is 34.2 Å². The molecule has 0 bridgehead atoms. The number of benzene rings is 3. The molecule has 3 aromatic rings. The summed E-state index contributed by atoms with van der Waals surface area (Å²) in [4.78, 5) is 0. The summed E-state index contributed by atoms with van der Waals surface area (Å²) >= 11 is 0. The van der Waals surface area contributed by atoms with Gasteiger partial charge in [-0.1, -0.05) is 30.3 Å². The van der Waals surface area contributed by atoms with Crippen LogP contribution in [0.2, 0.25) is 0 Å². The van der Waals surface area contributed by atoms with E-state index in [0.29, 0.717) is 12.1 Å². The molecule has 0 radical (unpaired) electrons. The second kappa shape index (κ2) is 8.76. The number of alkyl halides is 6. The van der Waals surface area contributed by atoms with Crippen LogP contribution in [0.25, 0.3) is 22.3 Å². The van der Waals surface area contributed by atoms with E-state index in [2.05, 4.69) is 4.74 Å². The number of rotatable bonds is 6. The van der Waals surface area contributed by atoms with Crippen LogP contribution in [0.1, 0.15) is 5.56 Å². The molecule has 1 nitrogen and oxygen atoms in total. The molecule has 3 rings (SSSR count). The van der Waals surface area contributed by atoms with Crippen LogP contribution in [0.4, 0.5) is 39.5 Å². The second-order valence-electron chi connectivity index (χ2n) is 6.71. The van der Waals surface area contributed by atoms with Crippen molar-refractivity contribution in [3.63, 3.8) is 0 Å². The van der Waals surface area contributed by atoms with Crippen LogP contribution < -0.4 is 4.74 Å². The highest BCUT2D eigenvalue weighted by Gasteiger charge is 2.61. The molecule has 0 atom stereocenters. The van der Waals surface area contributed by atoms with E-state index in [1.165, 1.54) is 24.3 Å². The Bertz CT molecular complexity index is 1080. The van der Waals surface area contributed by atoms with E-state index in [1.54, 1.807) is 0 Å². The summed E-state index contributed by atoms with van der Waals surface area (Å²) in [5.41, 5.74) is 0.300. The Morgan fingerprint density at radius 2 is 1.19 bits per heavy atom. The first kappa shape index (κ1) is 23.5. The summed E-state index contributed by atoms with van der Waals surface area (Å²) in [6.45, 7) is -0.777. The fourth-order valence-electron chi connectivity index (χ4n) is 2.94. The third-order valence-electron chi connectivity index (χ3n) is 4.49. The molecule has 0 saturated carbocycles. The van der Waals surface area contributed by atoms with E-state index < -0.39 is 42.2 Å². The molecule has 0 heterocycles. The lowest BCUT2D eigenvalue weighted by Gasteiger charge is -2.20. The normalized spacial score (nSPS) is 12.2. The average Bonchev–Trinajstić information content (AvgIpc) is 2.69. The lowest BCUT2D eigenvalue weighted by atomic mass is 9.98. The molecule has 170 valence electrons. The van der Waals surface area contributed by atoms with E-state index >= 15 is 0 Å². The summed E-state index contributed by atoms with van der Waals surface area (Å²) in [5.74, 6) is -4.57. The van der Waals surface area contributed by atoms with Crippen LogP contribution in [0.15, 0.2) is 54.6 Å². The molecule has 0 aliphatic carbocycles. The fourth-order valence-corrected chi connectivity index (χ4v) is 2.94. The van der Waals surface area contributed by atoms with Crippen LogP contribution in [-0.4, -0.2) is 19.0 Å². The quantitative estimate of drug-likeness (QED) is 0.344. The van der Waals surface area contributed by atoms with Crippen molar-refractivity contribution >= 4 is 0 Å². The highest BCUT2D eigenvalue weighted by molar-refractivity contribution is 5.71. The summed E-state index contributed by atoms with van der Waals surface area (Å²) in [6, 6.07) is 9.69. The van der Waals surface area contributed by atoms with E-state index in [1.807, 2.05) is 0 Å². The van der Waals surface area contributed by atoms with Crippen LogP contribution in [0.5, 0.6) is 5.75 Å². The molecular weight excluding hydrogens is 451 g/mol. The maximum absolute atomic E-state index is 14.3. The van der Waals surface area contributed by atoms with Gasteiger partial charge in [-0.3, -0.25) is 4.39 Å². The monoisotopic (exact) mass is 464 g/mol. The Morgan fingerprint density at radius 1 is 0.656 bits per heavy atom. The zero-order valence-electron chi connectivity index (χ0n) is 15.9. The van der Waals surface area contributed by atoms with Crippen LogP contribution in [0.3, 0.4) is 0 Å².